The van der Waals surface area contributed by atoms with Crippen LogP contribution in [0.25, 0.3) is 6.08 Å². The Morgan fingerprint density at radius 3 is 2.44 bits per heavy atom. The van der Waals surface area contributed by atoms with Gasteiger partial charge < -0.3 is 14.8 Å². The number of methoxy groups -OCH3 is 2. The molecule has 0 unspecified atom stereocenters. The van der Waals surface area contributed by atoms with Crippen LogP contribution in [0.1, 0.15) is 21.6 Å². The van der Waals surface area contributed by atoms with Crippen molar-refractivity contribution < 1.29 is 19.1 Å². The van der Waals surface area contributed by atoms with Crippen molar-refractivity contribution in [2.24, 2.45) is 5.10 Å². The molecule has 8 heteroatoms. The fraction of sp³-hybridized carbons (Fsp3) is 0.0833. The van der Waals surface area contributed by atoms with Crippen LogP contribution in [0.4, 0.5) is 0 Å². The van der Waals surface area contributed by atoms with Crippen molar-refractivity contribution in [2.75, 3.05) is 14.2 Å². The summed E-state index contributed by atoms with van der Waals surface area (Å²) in [6, 6.07) is 19.0. The number of rotatable bonds is 8. The summed E-state index contributed by atoms with van der Waals surface area (Å²) in [6.07, 6.45) is 4.51. The third-order valence-corrected chi connectivity index (χ3v) is 4.32. The number of carbonyl (C=O) groups is 2. The van der Waals surface area contributed by atoms with Gasteiger partial charge in [-0.2, -0.15) is 5.10 Å². The first kappa shape index (κ1) is 22.2. The lowest BCUT2D eigenvalue weighted by atomic mass is 10.1. The average Bonchev–Trinajstić information content (AvgIpc) is 2.84. The first-order valence-corrected chi connectivity index (χ1v) is 9.65. The molecule has 1 aromatic heterocycles. The minimum Gasteiger partial charge on any atom is -0.497 e. The molecule has 32 heavy (non-hydrogen) atoms. The maximum absolute atomic E-state index is 12.9. The number of hydrogen-bond donors (Lipinski definition) is 2. The van der Waals surface area contributed by atoms with Gasteiger partial charge in [-0.05, 0) is 48.5 Å². The number of aromatic nitrogens is 1. The lowest BCUT2D eigenvalue weighted by molar-refractivity contribution is -0.117. The second-order valence-corrected chi connectivity index (χ2v) is 6.44. The highest BCUT2D eigenvalue weighted by molar-refractivity contribution is 6.05. The molecule has 0 spiro atoms. The molecular formula is C24H22N4O4. The highest BCUT2D eigenvalue weighted by Gasteiger charge is 2.16. The van der Waals surface area contributed by atoms with E-state index in [2.05, 4.69) is 20.8 Å². The maximum Gasteiger partial charge on any atom is 0.287 e. The molecule has 0 aliphatic rings. The molecule has 0 radical (unpaired) electrons. The Kier molecular flexibility index (Phi) is 7.69. The zero-order chi connectivity index (χ0) is 22.8. The summed E-state index contributed by atoms with van der Waals surface area (Å²) in [5, 5.41) is 6.57. The van der Waals surface area contributed by atoms with E-state index in [0.717, 1.165) is 0 Å². The maximum atomic E-state index is 12.9. The zero-order valence-corrected chi connectivity index (χ0v) is 17.6. The van der Waals surface area contributed by atoms with E-state index in [-0.39, 0.29) is 5.70 Å². The zero-order valence-electron chi connectivity index (χ0n) is 17.6. The molecule has 3 aromatic rings. The van der Waals surface area contributed by atoms with Crippen molar-refractivity contribution in [3.8, 4) is 11.5 Å². The highest BCUT2D eigenvalue weighted by atomic mass is 16.5. The van der Waals surface area contributed by atoms with Crippen molar-refractivity contribution in [1.29, 1.82) is 0 Å². The fourth-order valence-electron chi connectivity index (χ4n) is 2.72. The number of hydrogen-bond acceptors (Lipinski definition) is 6. The summed E-state index contributed by atoms with van der Waals surface area (Å²) in [5.41, 5.74) is 3.90. The molecule has 0 atom stereocenters. The van der Waals surface area contributed by atoms with Crippen LogP contribution in [-0.4, -0.2) is 37.2 Å². The second-order valence-electron chi connectivity index (χ2n) is 6.44. The topological polar surface area (TPSA) is 102 Å². The number of nitrogens with one attached hydrogen (secondary N) is 2. The molecule has 0 saturated heterocycles. The van der Waals surface area contributed by atoms with Crippen molar-refractivity contribution in [3.63, 3.8) is 0 Å². The Labute approximate surface area is 185 Å². The van der Waals surface area contributed by atoms with Gasteiger partial charge in [-0.1, -0.05) is 24.3 Å². The van der Waals surface area contributed by atoms with Crippen LogP contribution in [0.2, 0.25) is 0 Å². The summed E-state index contributed by atoms with van der Waals surface area (Å²) in [5.74, 6) is 0.00955. The van der Waals surface area contributed by atoms with E-state index < -0.39 is 11.8 Å². The number of carbonyl (C=O) groups excluding carboxylic acids is 2. The number of benzene rings is 2. The normalized spacial score (nSPS) is 11.1. The highest BCUT2D eigenvalue weighted by Crippen LogP contribution is 2.26. The van der Waals surface area contributed by atoms with E-state index in [0.29, 0.717) is 28.3 Å². The van der Waals surface area contributed by atoms with Crippen molar-refractivity contribution in [2.45, 2.75) is 0 Å². The third kappa shape index (κ3) is 6.02. The predicted molar refractivity (Wildman–Crippen MR) is 121 cm³/mol. The smallest absolute Gasteiger partial charge is 0.287 e. The Morgan fingerprint density at radius 2 is 1.75 bits per heavy atom. The Balaban J connectivity index is 1.90. The predicted octanol–water partition coefficient (Wildman–Crippen LogP) is 3.02. The standard InChI is InChI=1S/C24H22N4O4/c1-31-20-11-12-22(32-2)18(14-20)15-21(27-23(29)17-8-4-3-5-9-17)24(30)28-26-16-19-10-6-7-13-25-19/h3-16H,1-2H3,(H,27,29)(H,28,30). The van der Waals surface area contributed by atoms with Gasteiger partial charge in [0.05, 0.1) is 26.1 Å². The first-order chi connectivity index (χ1) is 15.6. The van der Waals surface area contributed by atoms with Gasteiger partial charge >= 0.3 is 0 Å². The van der Waals surface area contributed by atoms with Crippen LogP contribution in [0.3, 0.4) is 0 Å². The number of amides is 2. The molecule has 8 nitrogen and oxygen atoms in total. The molecule has 0 aliphatic carbocycles. The fourth-order valence-corrected chi connectivity index (χ4v) is 2.72. The van der Waals surface area contributed by atoms with Gasteiger partial charge in [-0.15, -0.1) is 0 Å². The summed E-state index contributed by atoms with van der Waals surface area (Å²) in [4.78, 5) is 29.6. The number of pyridine rings is 1. The monoisotopic (exact) mass is 430 g/mol. The SMILES string of the molecule is COc1ccc(OC)c(C=C(NC(=O)c2ccccc2)C(=O)NN=Cc2ccccn2)c1. The molecule has 2 aromatic carbocycles. The summed E-state index contributed by atoms with van der Waals surface area (Å²) in [6.45, 7) is 0. The summed E-state index contributed by atoms with van der Waals surface area (Å²) >= 11 is 0. The van der Waals surface area contributed by atoms with Crippen molar-refractivity contribution in [3.05, 3.63) is 95.4 Å². The minimum atomic E-state index is -0.619. The van der Waals surface area contributed by atoms with Crippen molar-refractivity contribution in [1.82, 2.24) is 15.7 Å². The van der Waals surface area contributed by atoms with Gasteiger partial charge in [0.1, 0.15) is 17.2 Å². The van der Waals surface area contributed by atoms with Gasteiger partial charge in [-0.25, -0.2) is 5.43 Å². The Bertz CT molecular complexity index is 1130. The van der Waals surface area contributed by atoms with Crippen LogP contribution in [0, 0.1) is 0 Å². The largest absolute Gasteiger partial charge is 0.497 e. The second kappa shape index (κ2) is 11.1. The molecule has 3 rings (SSSR count). The van der Waals surface area contributed by atoms with E-state index in [4.69, 9.17) is 9.47 Å². The van der Waals surface area contributed by atoms with E-state index in [1.54, 1.807) is 72.9 Å². The molecule has 1 heterocycles. The van der Waals surface area contributed by atoms with E-state index in [9.17, 15) is 9.59 Å². The molecule has 0 aliphatic heterocycles. The molecule has 0 saturated carbocycles. The molecule has 162 valence electrons. The number of hydrazone groups is 1. The van der Waals surface area contributed by atoms with E-state index in [1.807, 2.05) is 0 Å². The van der Waals surface area contributed by atoms with Crippen LogP contribution in [0.15, 0.2) is 83.7 Å². The summed E-state index contributed by atoms with van der Waals surface area (Å²) in [7, 11) is 3.05. The van der Waals surface area contributed by atoms with Crippen LogP contribution < -0.4 is 20.2 Å². The number of nitrogens with zero attached hydrogens (tertiary/aromatic N) is 2. The quantitative estimate of drug-likeness (QED) is 0.325. The van der Waals surface area contributed by atoms with Gasteiger partial charge in [-0.3, -0.25) is 14.6 Å². The average molecular weight is 430 g/mol. The Hall–Kier alpha value is -4.46. The van der Waals surface area contributed by atoms with Crippen LogP contribution in [-0.2, 0) is 4.79 Å². The molecule has 2 amide bonds. The van der Waals surface area contributed by atoms with Gasteiger partial charge in [0, 0.05) is 17.3 Å². The van der Waals surface area contributed by atoms with Crippen LogP contribution >= 0.6 is 0 Å². The lowest BCUT2D eigenvalue weighted by Gasteiger charge is -2.11. The van der Waals surface area contributed by atoms with Crippen LogP contribution in [0.5, 0.6) is 11.5 Å². The lowest BCUT2D eigenvalue weighted by Crippen LogP contribution is -2.32. The van der Waals surface area contributed by atoms with E-state index in [1.165, 1.54) is 26.5 Å². The van der Waals surface area contributed by atoms with E-state index >= 15 is 0 Å². The molecule has 0 bridgehead atoms. The molecule has 2 N–H and O–H groups in total. The van der Waals surface area contributed by atoms with Crippen molar-refractivity contribution >= 4 is 24.1 Å². The van der Waals surface area contributed by atoms with Gasteiger partial charge in [0.15, 0.2) is 0 Å². The molecule has 0 fully saturated rings. The Morgan fingerprint density at radius 1 is 0.969 bits per heavy atom. The first-order valence-electron chi connectivity index (χ1n) is 9.65. The van der Waals surface area contributed by atoms with Gasteiger partial charge in [0.25, 0.3) is 11.8 Å². The molecular weight excluding hydrogens is 408 g/mol. The summed E-state index contributed by atoms with van der Waals surface area (Å²) < 4.78 is 10.6. The third-order valence-electron chi connectivity index (χ3n) is 4.32. The minimum absolute atomic E-state index is 0.0245. The van der Waals surface area contributed by atoms with Gasteiger partial charge in [0.2, 0.25) is 0 Å². The number of ether oxygens (including phenoxy) is 2.